The van der Waals surface area contributed by atoms with Gasteiger partial charge in [0.2, 0.25) is 0 Å². The smallest absolute Gasteiger partial charge is 0.310 e. The van der Waals surface area contributed by atoms with Crippen molar-refractivity contribution >= 4 is 11.7 Å². The van der Waals surface area contributed by atoms with Gasteiger partial charge in [-0.2, -0.15) is 0 Å². The number of carboxylic acids is 1. The van der Waals surface area contributed by atoms with Crippen molar-refractivity contribution in [3.05, 3.63) is 29.8 Å². The highest BCUT2D eigenvalue weighted by atomic mass is 16.4. The van der Waals surface area contributed by atoms with Crippen LogP contribution in [0.1, 0.15) is 31.2 Å². The summed E-state index contributed by atoms with van der Waals surface area (Å²) in [7, 11) is 0. The summed E-state index contributed by atoms with van der Waals surface area (Å²) in [6.45, 7) is 1.70. The highest BCUT2D eigenvalue weighted by molar-refractivity contribution is 5.75. The zero-order valence-corrected chi connectivity index (χ0v) is 8.73. The number of carboxylic acid groups (broad SMARTS) is 1. The molecular formula is C12H15NO2. The summed E-state index contributed by atoms with van der Waals surface area (Å²) in [5.74, 6) is -1.21. The van der Waals surface area contributed by atoms with Gasteiger partial charge in [0, 0.05) is 11.7 Å². The lowest BCUT2D eigenvalue weighted by Gasteiger charge is -2.08. The standard InChI is InChI=1S/C12H15NO2/c1-8(12(14)15)9-2-4-10(5-3-9)13-11-6-7-11/h2-5,8,11,13H,6-7H2,1H3,(H,14,15). The monoisotopic (exact) mass is 205 g/mol. The van der Waals surface area contributed by atoms with E-state index in [1.54, 1.807) is 6.92 Å². The number of hydrogen-bond acceptors (Lipinski definition) is 2. The van der Waals surface area contributed by atoms with Gasteiger partial charge in [-0.15, -0.1) is 0 Å². The van der Waals surface area contributed by atoms with Crippen LogP contribution in [-0.2, 0) is 4.79 Å². The van der Waals surface area contributed by atoms with Crippen LogP contribution in [0.25, 0.3) is 0 Å². The number of benzene rings is 1. The number of hydrogen-bond donors (Lipinski definition) is 2. The molecule has 1 aliphatic rings. The summed E-state index contributed by atoms with van der Waals surface area (Å²) in [6.07, 6.45) is 2.49. The van der Waals surface area contributed by atoms with E-state index in [1.807, 2.05) is 24.3 Å². The van der Waals surface area contributed by atoms with Crippen LogP contribution in [0.2, 0.25) is 0 Å². The summed E-state index contributed by atoms with van der Waals surface area (Å²) in [5.41, 5.74) is 1.93. The van der Waals surface area contributed by atoms with E-state index in [9.17, 15) is 4.79 Å². The van der Waals surface area contributed by atoms with Gasteiger partial charge in [-0.3, -0.25) is 4.79 Å². The van der Waals surface area contributed by atoms with E-state index >= 15 is 0 Å². The molecule has 3 heteroatoms. The van der Waals surface area contributed by atoms with Crippen molar-refractivity contribution in [2.45, 2.75) is 31.7 Å². The van der Waals surface area contributed by atoms with Gasteiger partial charge in [0.15, 0.2) is 0 Å². The predicted molar refractivity (Wildman–Crippen MR) is 59.1 cm³/mol. The summed E-state index contributed by atoms with van der Waals surface area (Å²) in [6, 6.07) is 8.29. The van der Waals surface area contributed by atoms with Crippen molar-refractivity contribution in [2.24, 2.45) is 0 Å². The third kappa shape index (κ3) is 2.49. The maximum Gasteiger partial charge on any atom is 0.310 e. The van der Waals surface area contributed by atoms with Crippen molar-refractivity contribution in [2.75, 3.05) is 5.32 Å². The zero-order valence-electron chi connectivity index (χ0n) is 8.73. The van der Waals surface area contributed by atoms with E-state index in [4.69, 9.17) is 5.11 Å². The molecule has 0 bridgehead atoms. The first-order valence-electron chi connectivity index (χ1n) is 5.26. The normalized spacial score (nSPS) is 17.1. The summed E-state index contributed by atoms with van der Waals surface area (Å²) >= 11 is 0. The van der Waals surface area contributed by atoms with E-state index in [-0.39, 0.29) is 0 Å². The van der Waals surface area contributed by atoms with Crippen LogP contribution in [0.4, 0.5) is 5.69 Å². The highest BCUT2D eigenvalue weighted by Crippen LogP contribution is 2.25. The average molecular weight is 205 g/mol. The van der Waals surface area contributed by atoms with Gasteiger partial charge in [0.1, 0.15) is 0 Å². The van der Waals surface area contributed by atoms with Crippen LogP contribution < -0.4 is 5.32 Å². The first-order chi connectivity index (χ1) is 7.16. The molecule has 0 spiro atoms. The summed E-state index contributed by atoms with van der Waals surface area (Å²) < 4.78 is 0. The second-order valence-electron chi connectivity index (χ2n) is 4.10. The molecule has 1 atom stereocenters. The Morgan fingerprint density at radius 3 is 2.47 bits per heavy atom. The lowest BCUT2D eigenvalue weighted by atomic mass is 10.0. The van der Waals surface area contributed by atoms with Gasteiger partial charge in [0.05, 0.1) is 5.92 Å². The maximum atomic E-state index is 10.8. The first-order valence-corrected chi connectivity index (χ1v) is 5.26. The number of nitrogens with one attached hydrogen (secondary N) is 1. The Labute approximate surface area is 89.1 Å². The van der Waals surface area contributed by atoms with Crippen LogP contribution in [0.5, 0.6) is 0 Å². The Kier molecular flexibility index (Phi) is 2.62. The van der Waals surface area contributed by atoms with Crippen LogP contribution >= 0.6 is 0 Å². The minimum Gasteiger partial charge on any atom is -0.481 e. The van der Waals surface area contributed by atoms with Gasteiger partial charge in [-0.1, -0.05) is 12.1 Å². The highest BCUT2D eigenvalue weighted by Gasteiger charge is 2.20. The van der Waals surface area contributed by atoms with Crippen molar-refractivity contribution < 1.29 is 9.90 Å². The molecule has 1 fully saturated rings. The van der Waals surface area contributed by atoms with Gasteiger partial charge in [0.25, 0.3) is 0 Å². The molecule has 0 aliphatic heterocycles. The third-order valence-corrected chi connectivity index (χ3v) is 2.73. The molecule has 1 unspecified atom stereocenters. The van der Waals surface area contributed by atoms with Crippen molar-refractivity contribution in [1.29, 1.82) is 0 Å². The van der Waals surface area contributed by atoms with Crippen LogP contribution in [-0.4, -0.2) is 17.1 Å². The molecule has 1 aliphatic carbocycles. The largest absolute Gasteiger partial charge is 0.481 e. The molecule has 1 saturated carbocycles. The number of rotatable bonds is 4. The van der Waals surface area contributed by atoms with E-state index in [1.165, 1.54) is 12.8 Å². The molecule has 80 valence electrons. The molecule has 0 heterocycles. The van der Waals surface area contributed by atoms with Crippen molar-refractivity contribution in [3.63, 3.8) is 0 Å². The number of aliphatic carboxylic acids is 1. The van der Waals surface area contributed by atoms with Crippen LogP contribution in [0.3, 0.4) is 0 Å². The molecular weight excluding hydrogens is 190 g/mol. The first kappa shape index (κ1) is 10.0. The Bertz CT molecular complexity index is 354. The number of carbonyl (C=O) groups is 1. The fourth-order valence-corrected chi connectivity index (χ4v) is 1.47. The molecule has 1 aromatic rings. The number of anilines is 1. The fraction of sp³-hybridized carbons (Fsp3) is 0.417. The molecule has 2 N–H and O–H groups in total. The van der Waals surface area contributed by atoms with Crippen LogP contribution in [0, 0.1) is 0 Å². The van der Waals surface area contributed by atoms with E-state index in [2.05, 4.69) is 5.32 Å². The van der Waals surface area contributed by atoms with Gasteiger partial charge in [-0.25, -0.2) is 0 Å². The minimum absolute atomic E-state index is 0.431. The molecule has 1 aromatic carbocycles. The van der Waals surface area contributed by atoms with Gasteiger partial charge in [-0.05, 0) is 37.5 Å². The third-order valence-electron chi connectivity index (χ3n) is 2.73. The van der Waals surface area contributed by atoms with Crippen molar-refractivity contribution in [3.8, 4) is 0 Å². The predicted octanol–water partition coefficient (Wildman–Crippen LogP) is 2.45. The summed E-state index contributed by atoms with van der Waals surface area (Å²) in [5, 5.41) is 12.2. The van der Waals surface area contributed by atoms with E-state index < -0.39 is 11.9 Å². The molecule has 0 radical (unpaired) electrons. The van der Waals surface area contributed by atoms with E-state index in [0.29, 0.717) is 6.04 Å². The van der Waals surface area contributed by atoms with Crippen LogP contribution in [0.15, 0.2) is 24.3 Å². The van der Waals surface area contributed by atoms with E-state index in [0.717, 1.165) is 11.3 Å². The minimum atomic E-state index is -0.780. The summed E-state index contributed by atoms with van der Waals surface area (Å²) in [4.78, 5) is 10.8. The topological polar surface area (TPSA) is 49.3 Å². The lowest BCUT2D eigenvalue weighted by molar-refractivity contribution is -0.138. The lowest BCUT2D eigenvalue weighted by Crippen LogP contribution is -2.07. The second-order valence-corrected chi connectivity index (χ2v) is 4.10. The zero-order chi connectivity index (χ0) is 10.8. The quantitative estimate of drug-likeness (QED) is 0.793. The Hall–Kier alpha value is -1.51. The Morgan fingerprint density at radius 1 is 1.40 bits per heavy atom. The molecule has 15 heavy (non-hydrogen) atoms. The maximum absolute atomic E-state index is 10.8. The SMILES string of the molecule is CC(C(=O)O)c1ccc(NC2CC2)cc1. The molecule has 0 aromatic heterocycles. The molecule has 2 rings (SSSR count). The van der Waals surface area contributed by atoms with Crippen molar-refractivity contribution in [1.82, 2.24) is 0 Å². The fourth-order valence-electron chi connectivity index (χ4n) is 1.47. The molecule has 0 saturated heterocycles. The second kappa shape index (κ2) is 3.93. The van der Waals surface area contributed by atoms with Gasteiger partial charge < -0.3 is 10.4 Å². The molecule has 0 amide bonds. The average Bonchev–Trinajstić information content (AvgIpc) is 3.02. The molecule has 3 nitrogen and oxygen atoms in total. The Morgan fingerprint density at radius 2 is 2.00 bits per heavy atom. The Balaban J connectivity index is 2.05. The van der Waals surface area contributed by atoms with Gasteiger partial charge >= 0.3 is 5.97 Å².